The zero-order valence-corrected chi connectivity index (χ0v) is 25.1. The van der Waals surface area contributed by atoms with E-state index in [4.69, 9.17) is 9.84 Å². The van der Waals surface area contributed by atoms with E-state index in [0.29, 0.717) is 11.4 Å². The highest BCUT2D eigenvalue weighted by Gasteiger charge is 2.17. The molecule has 37 heavy (non-hydrogen) atoms. The first-order chi connectivity index (χ1) is 17.7. The van der Waals surface area contributed by atoms with E-state index in [1.807, 2.05) is 60.0 Å². The summed E-state index contributed by atoms with van der Waals surface area (Å²) in [5.41, 5.74) is 2.93. The molecular formula is C26H28I2N4O5. The van der Waals surface area contributed by atoms with E-state index in [1.54, 1.807) is 13.3 Å². The number of nitrogens with zero attached hydrogens (tertiary/aromatic N) is 3. The number of rotatable bonds is 5. The van der Waals surface area contributed by atoms with Gasteiger partial charge in [-0.1, -0.05) is 24.3 Å². The maximum Gasteiger partial charge on any atom is 0.356 e. The predicted octanol–water partition coefficient (Wildman–Crippen LogP) is 5.42. The van der Waals surface area contributed by atoms with Crippen LogP contribution in [0.15, 0.2) is 73.6 Å². The number of methoxy groups -OCH3 is 2. The lowest BCUT2D eigenvalue weighted by atomic mass is 10.1. The van der Waals surface area contributed by atoms with Gasteiger partial charge in [0.15, 0.2) is 0 Å². The molecular weight excluding hydrogens is 702 g/mol. The molecule has 11 heteroatoms. The Bertz CT molecular complexity index is 1240. The highest BCUT2D eigenvalue weighted by Crippen LogP contribution is 2.21. The van der Waals surface area contributed by atoms with Crippen molar-refractivity contribution in [3.05, 3.63) is 103 Å². The number of hydrogen-bond acceptors (Lipinski definition) is 7. The van der Waals surface area contributed by atoms with Crippen LogP contribution in [0.25, 0.3) is 0 Å². The van der Waals surface area contributed by atoms with Crippen molar-refractivity contribution in [1.29, 1.82) is 0 Å². The molecule has 0 fully saturated rings. The van der Waals surface area contributed by atoms with Crippen molar-refractivity contribution in [2.45, 2.75) is 26.0 Å². The first kappa shape index (κ1) is 30.4. The lowest BCUT2D eigenvalue weighted by molar-refractivity contribution is 0.0581. The van der Waals surface area contributed by atoms with Crippen LogP contribution < -0.4 is 0 Å². The minimum Gasteiger partial charge on any atom is -0.464 e. The molecule has 4 aromatic rings. The van der Waals surface area contributed by atoms with Crippen molar-refractivity contribution in [3.8, 4) is 0 Å². The summed E-state index contributed by atoms with van der Waals surface area (Å²) in [7, 11) is 2.69. The number of hydrogen-bond donors (Lipinski definition) is 2. The topological polar surface area (TPSA) is 119 Å². The molecule has 4 rings (SSSR count). The predicted molar refractivity (Wildman–Crippen MR) is 156 cm³/mol. The number of carbonyl (C=O) groups is 2. The second-order valence-corrected chi connectivity index (χ2v) is 10.1. The number of H-pyrrole nitrogens is 1. The first-order valence-corrected chi connectivity index (χ1v) is 13.2. The molecule has 2 atom stereocenters. The minimum atomic E-state index is -0.396. The zero-order chi connectivity index (χ0) is 27.4. The SMILES string of the molecule is COC(=O)c1cnc[nH]1.COC(=O)c1cncn1[C@H](C)c1ccc(I)cc1.C[C@H](O)c1ccc(I)cc1. The number of aromatic amines is 1. The van der Waals surface area contributed by atoms with Gasteiger partial charge in [-0.15, -0.1) is 0 Å². The minimum absolute atomic E-state index is 0.0404. The van der Waals surface area contributed by atoms with Crippen LogP contribution in [0.4, 0.5) is 0 Å². The average molecular weight is 730 g/mol. The van der Waals surface area contributed by atoms with Gasteiger partial charge in [0, 0.05) is 7.14 Å². The molecule has 2 heterocycles. The molecule has 0 bridgehead atoms. The largest absolute Gasteiger partial charge is 0.464 e. The summed E-state index contributed by atoms with van der Waals surface area (Å²) >= 11 is 4.50. The maximum atomic E-state index is 11.6. The Morgan fingerprint density at radius 1 is 0.865 bits per heavy atom. The van der Waals surface area contributed by atoms with E-state index in [1.165, 1.54) is 40.1 Å². The third kappa shape index (κ3) is 9.55. The van der Waals surface area contributed by atoms with E-state index in [-0.39, 0.29) is 18.1 Å². The van der Waals surface area contributed by atoms with Gasteiger partial charge < -0.3 is 24.1 Å². The summed E-state index contributed by atoms with van der Waals surface area (Å²) in [6.07, 6.45) is 5.65. The summed E-state index contributed by atoms with van der Waals surface area (Å²) in [5.74, 6) is -0.766. The van der Waals surface area contributed by atoms with Gasteiger partial charge in [0.05, 0.1) is 51.4 Å². The van der Waals surface area contributed by atoms with E-state index in [0.717, 1.165) is 11.1 Å². The Kier molecular flexibility index (Phi) is 12.7. The van der Waals surface area contributed by atoms with Crippen LogP contribution in [0.1, 0.15) is 58.1 Å². The molecule has 2 aromatic heterocycles. The molecule has 196 valence electrons. The van der Waals surface area contributed by atoms with E-state index >= 15 is 0 Å². The lowest BCUT2D eigenvalue weighted by Gasteiger charge is -2.16. The van der Waals surface area contributed by atoms with Crippen LogP contribution in [0.5, 0.6) is 0 Å². The van der Waals surface area contributed by atoms with Crippen molar-refractivity contribution in [2.75, 3.05) is 14.2 Å². The molecule has 0 radical (unpaired) electrons. The molecule has 2 N–H and O–H groups in total. The number of aliphatic hydroxyl groups excluding tert-OH is 1. The number of carbonyl (C=O) groups excluding carboxylic acids is 2. The van der Waals surface area contributed by atoms with Crippen LogP contribution in [-0.2, 0) is 9.47 Å². The van der Waals surface area contributed by atoms with Crippen molar-refractivity contribution in [3.63, 3.8) is 0 Å². The standard InChI is InChI=1S/C13H13IN2O2.C8H9IO.C5H6N2O2/c1-9(10-3-5-11(14)6-4-10)16-8-15-7-12(16)13(17)18-2;1-6(10)7-2-4-8(9)5-3-7;1-9-5(8)4-2-6-3-7-4/h3-9H,1-2H3;2-6,10H,1H3;2-3H,1H3,(H,6,7)/t9-;6-;/m10./s1. The quantitative estimate of drug-likeness (QED) is 0.208. The second-order valence-electron chi connectivity index (χ2n) is 7.59. The normalized spacial score (nSPS) is 11.6. The van der Waals surface area contributed by atoms with Gasteiger partial charge in [-0.3, -0.25) is 0 Å². The van der Waals surface area contributed by atoms with Crippen molar-refractivity contribution in [2.24, 2.45) is 0 Å². The van der Waals surface area contributed by atoms with Gasteiger partial charge in [0.2, 0.25) is 0 Å². The van der Waals surface area contributed by atoms with Crippen LogP contribution in [0.3, 0.4) is 0 Å². The fourth-order valence-corrected chi connectivity index (χ4v) is 3.72. The second kappa shape index (κ2) is 15.5. The van der Waals surface area contributed by atoms with Crippen molar-refractivity contribution in [1.82, 2.24) is 19.5 Å². The van der Waals surface area contributed by atoms with E-state index in [2.05, 4.69) is 64.9 Å². The van der Waals surface area contributed by atoms with Crippen LogP contribution in [0, 0.1) is 7.14 Å². The summed E-state index contributed by atoms with van der Waals surface area (Å²) in [5, 5.41) is 9.11. The first-order valence-electron chi connectivity index (χ1n) is 11.0. The van der Waals surface area contributed by atoms with Crippen LogP contribution >= 0.6 is 45.2 Å². The van der Waals surface area contributed by atoms with Gasteiger partial charge in [0.25, 0.3) is 0 Å². The van der Waals surface area contributed by atoms with Gasteiger partial charge in [-0.05, 0) is 94.4 Å². The highest BCUT2D eigenvalue weighted by molar-refractivity contribution is 14.1. The third-order valence-corrected chi connectivity index (χ3v) is 6.52. The highest BCUT2D eigenvalue weighted by atomic mass is 127. The van der Waals surface area contributed by atoms with Crippen LogP contribution in [0.2, 0.25) is 0 Å². The molecule has 0 unspecified atom stereocenters. The number of nitrogens with one attached hydrogen (secondary N) is 1. The molecule has 0 spiro atoms. The van der Waals surface area contributed by atoms with Gasteiger partial charge in [0.1, 0.15) is 11.4 Å². The molecule has 0 aliphatic carbocycles. The smallest absolute Gasteiger partial charge is 0.356 e. The molecule has 0 saturated carbocycles. The fraction of sp³-hybridized carbons (Fsp3) is 0.231. The summed E-state index contributed by atoms with van der Waals surface area (Å²) in [4.78, 5) is 32.4. The average Bonchev–Trinajstić information content (AvgIpc) is 3.62. The number of benzene rings is 2. The Morgan fingerprint density at radius 2 is 1.41 bits per heavy atom. The number of ether oxygens (including phenoxy) is 2. The number of halogens is 2. The summed E-state index contributed by atoms with van der Waals surface area (Å²) in [6.45, 7) is 3.79. The van der Waals surface area contributed by atoms with E-state index < -0.39 is 5.97 Å². The molecule has 2 aromatic carbocycles. The number of imidazole rings is 2. The molecule has 0 amide bonds. The van der Waals surface area contributed by atoms with Crippen molar-refractivity contribution < 1.29 is 24.2 Å². The van der Waals surface area contributed by atoms with Crippen molar-refractivity contribution >= 4 is 57.1 Å². The monoisotopic (exact) mass is 730 g/mol. The Labute approximate surface area is 242 Å². The number of aromatic nitrogens is 4. The lowest BCUT2D eigenvalue weighted by Crippen LogP contribution is -2.14. The maximum absolute atomic E-state index is 11.6. The Morgan fingerprint density at radius 3 is 1.86 bits per heavy atom. The van der Waals surface area contributed by atoms with Gasteiger partial charge >= 0.3 is 11.9 Å². The van der Waals surface area contributed by atoms with Gasteiger partial charge in [-0.25, -0.2) is 19.6 Å². The Hall–Kier alpha value is -2.78. The molecule has 0 aliphatic heterocycles. The van der Waals surface area contributed by atoms with Crippen LogP contribution in [-0.4, -0.2) is 50.8 Å². The third-order valence-electron chi connectivity index (χ3n) is 5.09. The Balaban J connectivity index is 0.000000214. The number of aliphatic hydroxyl groups is 1. The molecule has 0 aliphatic rings. The molecule has 0 saturated heterocycles. The fourth-order valence-electron chi connectivity index (χ4n) is 3.00. The zero-order valence-electron chi connectivity index (χ0n) is 20.8. The van der Waals surface area contributed by atoms with E-state index in [9.17, 15) is 9.59 Å². The number of esters is 2. The summed E-state index contributed by atoms with van der Waals surface area (Å²) < 4.78 is 13.3. The summed E-state index contributed by atoms with van der Waals surface area (Å²) in [6, 6.07) is 16.1. The van der Waals surface area contributed by atoms with Gasteiger partial charge in [-0.2, -0.15) is 0 Å². The molecule has 9 nitrogen and oxygen atoms in total.